The van der Waals surface area contributed by atoms with Crippen molar-refractivity contribution in [2.45, 2.75) is 6.42 Å². The summed E-state index contributed by atoms with van der Waals surface area (Å²) in [6, 6.07) is 4.09. The molecule has 0 bridgehead atoms. The van der Waals surface area contributed by atoms with Crippen LogP contribution in [-0.4, -0.2) is 54.9 Å². The van der Waals surface area contributed by atoms with Gasteiger partial charge in [-0.3, -0.25) is 4.98 Å². The standard InChI is InChI=1S/C13H20N2O2/c1-15(8-13(9-16)10-17-11-13)7-4-12-2-5-14-6-3-12/h2-3,5-6,16H,4,7-11H2,1H3. The zero-order chi connectivity index (χ0) is 12.1. The molecular weight excluding hydrogens is 216 g/mol. The first-order valence-corrected chi connectivity index (χ1v) is 6.00. The summed E-state index contributed by atoms with van der Waals surface area (Å²) in [6.07, 6.45) is 4.66. The third kappa shape index (κ3) is 3.25. The van der Waals surface area contributed by atoms with E-state index in [0.29, 0.717) is 13.2 Å². The van der Waals surface area contributed by atoms with Gasteiger partial charge in [-0.15, -0.1) is 0 Å². The van der Waals surface area contributed by atoms with Crippen LogP contribution in [0.4, 0.5) is 0 Å². The minimum atomic E-state index is -0.0208. The van der Waals surface area contributed by atoms with Gasteiger partial charge in [-0.25, -0.2) is 0 Å². The minimum absolute atomic E-state index is 0.0208. The van der Waals surface area contributed by atoms with Crippen LogP contribution in [0.1, 0.15) is 5.56 Å². The van der Waals surface area contributed by atoms with E-state index in [1.165, 1.54) is 5.56 Å². The Balaban J connectivity index is 1.76. The van der Waals surface area contributed by atoms with E-state index >= 15 is 0 Å². The second kappa shape index (κ2) is 5.58. The van der Waals surface area contributed by atoms with Crippen LogP contribution in [0, 0.1) is 5.41 Å². The summed E-state index contributed by atoms with van der Waals surface area (Å²) < 4.78 is 5.20. The Bertz CT molecular complexity index is 333. The monoisotopic (exact) mass is 236 g/mol. The fraction of sp³-hybridized carbons (Fsp3) is 0.615. The molecule has 0 aromatic carbocycles. The number of pyridine rings is 1. The summed E-state index contributed by atoms with van der Waals surface area (Å²) in [6.45, 7) is 3.47. The van der Waals surface area contributed by atoms with Gasteiger partial charge in [0.2, 0.25) is 0 Å². The molecule has 1 saturated heterocycles. The van der Waals surface area contributed by atoms with Crippen LogP contribution >= 0.6 is 0 Å². The quantitative estimate of drug-likeness (QED) is 0.784. The van der Waals surface area contributed by atoms with Gasteiger partial charge >= 0.3 is 0 Å². The van der Waals surface area contributed by atoms with E-state index in [9.17, 15) is 5.11 Å². The minimum Gasteiger partial charge on any atom is -0.396 e. The van der Waals surface area contributed by atoms with Crippen molar-refractivity contribution in [3.05, 3.63) is 30.1 Å². The van der Waals surface area contributed by atoms with Crippen LogP contribution in [0.5, 0.6) is 0 Å². The van der Waals surface area contributed by atoms with Crippen molar-refractivity contribution in [3.8, 4) is 0 Å². The Morgan fingerprint density at radius 3 is 2.65 bits per heavy atom. The zero-order valence-electron chi connectivity index (χ0n) is 10.3. The molecule has 1 N–H and O–H groups in total. The van der Waals surface area contributed by atoms with Crippen molar-refractivity contribution in [2.75, 3.05) is 40.0 Å². The maximum atomic E-state index is 9.36. The topological polar surface area (TPSA) is 45.6 Å². The van der Waals surface area contributed by atoms with Crippen LogP contribution in [0.25, 0.3) is 0 Å². The lowest BCUT2D eigenvalue weighted by atomic mass is 9.86. The lowest BCUT2D eigenvalue weighted by Gasteiger charge is -2.42. The van der Waals surface area contributed by atoms with Crippen molar-refractivity contribution >= 4 is 0 Å². The van der Waals surface area contributed by atoms with Gasteiger partial charge < -0.3 is 14.7 Å². The number of rotatable bonds is 6. The average molecular weight is 236 g/mol. The second-order valence-electron chi connectivity index (χ2n) is 4.99. The molecule has 0 saturated carbocycles. The molecule has 1 aromatic rings. The number of hydrogen-bond donors (Lipinski definition) is 1. The molecule has 0 aliphatic carbocycles. The number of ether oxygens (including phenoxy) is 1. The van der Waals surface area contributed by atoms with E-state index in [1.807, 2.05) is 24.5 Å². The van der Waals surface area contributed by atoms with E-state index in [2.05, 4.69) is 16.9 Å². The number of hydrogen-bond acceptors (Lipinski definition) is 4. The van der Waals surface area contributed by atoms with Gasteiger partial charge in [-0.2, -0.15) is 0 Å². The SMILES string of the molecule is CN(CCc1ccncc1)CC1(CO)COC1. The van der Waals surface area contributed by atoms with Gasteiger partial charge in [0.05, 0.1) is 25.2 Å². The molecule has 17 heavy (non-hydrogen) atoms. The molecule has 4 heteroatoms. The van der Waals surface area contributed by atoms with E-state index in [-0.39, 0.29) is 12.0 Å². The fourth-order valence-corrected chi connectivity index (χ4v) is 2.14. The highest BCUT2D eigenvalue weighted by Crippen LogP contribution is 2.27. The highest BCUT2D eigenvalue weighted by Gasteiger charge is 2.38. The molecule has 94 valence electrons. The molecule has 4 nitrogen and oxygen atoms in total. The normalized spacial score (nSPS) is 18.1. The number of aliphatic hydroxyl groups excluding tert-OH is 1. The molecule has 0 amide bonds. The zero-order valence-corrected chi connectivity index (χ0v) is 10.3. The Morgan fingerprint density at radius 2 is 2.12 bits per heavy atom. The van der Waals surface area contributed by atoms with Gasteiger partial charge in [0.1, 0.15) is 0 Å². The summed E-state index contributed by atoms with van der Waals surface area (Å²) in [7, 11) is 2.09. The van der Waals surface area contributed by atoms with Gasteiger partial charge in [0, 0.05) is 25.5 Å². The third-order valence-electron chi connectivity index (χ3n) is 3.29. The number of aromatic nitrogens is 1. The Morgan fingerprint density at radius 1 is 1.41 bits per heavy atom. The molecule has 2 rings (SSSR count). The highest BCUT2D eigenvalue weighted by molar-refractivity contribution is 5.09. The second-order valence-corrected chi connectivity index (χ2v) is 4.99. The van der Waals surface area contributed by atoms with Gasteiger partial charge in [0.15, 0.2) is 0 Å². The van der Waals surface area contributed by atoms with Crippen molar-refractivity contribution in [2.24, 2.45) is 5.41 Å². The predicted octanol–water partition coefficient (Wildman–Crippen LogP) is 0.565. The average Bonchev–Trinajstić information content (AvgIpc) is 2.33. The molecule has 1 aliphatic heterocycles. The summed E-state index contributed by atoms with van der Waals surface area (Å²) in [4.78, 5) is 6.27. The highest BCUT2D eigenvalue weighted by atomic mass is 16.5. The fourth-order valence-electron chi connectivity index (χ4n) is 2.14. The Hall–Kier alpha value is -0.970. The number of likely N-dealkylation sites (N-methyl/N-ethyl adjacent to an activating group) is 1. The van der Waals surface area contributed by atoms with Crippen LogP contribution in [0.2, 0.25) is 0 Å². The molecule has 2 heterocycles. The first kappa shape index (κ1) is 12.5. The number of aliphatic hydroxyl groups is 1. The smallest absolute Gasteiger partial charge is 0.0579 e. The van der Waals surface area contributed by atoms with Crippen LogP contribution < -0.4 is 0 Å². The van der Waals surface area contributed by atoms with Crippen molar-refractivity contribution in [3.63, 3.8) is 0 Å². The van der Waals surface area contributed by atoms with Gasteiger partial charge in [-0.05, 0) is 31.2 Å². The molecule has 0 spiro atoms. The van der Waals surface area contributed by atoms with E-state index in [4.69, 9.17) is 4.74 Å². The maximum absolute atomic E-state index is 9.36. The van der Waals surface area contributed by atoms with Crippen molar-refractivity contribution < 1.29 is 9.84 Å². The number of nitrogens with zero attached hydrogens (tertiary/aromatic N) is 2. The predicted molar refractivity (Wildman–Crippen MR) is 65.8 cm³/mol. The first-order valence-electron chi connectivity index (χ1n) is 6.00. The molecule has 1 aromatic heterocycles. The first-order chi connectivity index (χ1) is 8.24. The Labute approximate surface area is 102 Å². The van der Waals surface area contributed by atoms with Gasteiger partial charge in [0.25, 0.3) is 0 Å². The summed E-state index contributed by atoms with van der Waals surface area (Å²) in [5.74, 6) is 0. The molecule has 0 atom stereocenters. The van der Waals surface area contributed by atoms with Crippen molar-refractivity contribution in [1.29, 1.82) is 0 Å². The van der Waals surface area contributed by atoms with E-state index in [0.717, 1.165) is 19.5 Å². The van der Waals surface area contributed by atoms with Crippen molar-refractivity contribution in [1.82, 2.24) is 9.88 Å². The molecule has 1 fully saturated rings. The molecular formula is C13H20N2O2. The summed E-state index contributed by atoms with van der Waals surface area (Å²) >= 11 is 0. The molecule has 0 radical (unpaired) electrons. The molecule has 1 aliphatic rings. The van der Waals surface area contributed by atoms with Gasteiger partial charge in [-0.1, -0.05) is 0 Å². The van der Waals surface area contributed by atoms with E-state index < -0.39 is 0 Å². The van der Waals surface area contributed by atoms with Crippen LogP contribution in [0.15, 0.2) is 24.5 Å². The Kier molecular flexibility index (Phi) is 4.10. The van der Waals surface area contributed by atoms with Crippen LogP contribution in [-0.2, 0) is 11.2 Å². The summed E-state index contributed by atoms with van der Waals surface area (Å²) in [5.41, 5.74) is 1.28. The summed E-state index contributed by atoms with van der Waals surface area (Å²) in [5, 5.41) is 9.36. The van der Waals surface area contributed by atoms with Crippen LogP contribution in [0.3, 0.4) is 0 Å². The van der Waals surface area contributed by atoms with E-state index in [1.54, 1.807) is 0 Å². The lowest BCUT2D eigenvalue weighted by molar-refractivity contribution is -0.146. The largest absolute Gasteiger partial charge is 0.396 e. The third-order valence-corrected chi connectivity index (χ3v) is 3.29. The maximum Gasteiger partial charge on any atom is 0.0579 e. The lowest BCUT2D eigenvalue weighted by Crippen LogP contribution is -2.52. The molecule has 0 unspecified atom stereocenters.